The lowest BCUT2D eigenvalue weighted by Gasteiger charge is -2.31. The summed E-state index contributed by atoms with van der Waals surface area (Å²) in [6.07, 6.45) is 1.79. The number of benzene rings is 2. The van der Waals surface area contributed by atoms with E-state index >= 15 is 0 Å². The Hall–Kier alpha value is -2.69. The molecule has 4 nitrogen and oxygen atoms in total. The van der Waals surface area contributed by atoms with Crippen molar-refractivity contribution in [3.8, 4) is 0 Å². The van der Waals surface area contributed by atoms with Crippen LogP contribution in [0.4, 0.5) is 10.1 Å². The van der Waals surface area contributed by atoms with Gasteiger partial charge in [0, 0.05) is 26.1 Å². The number of para-hydroxylation sites is 1. The highest BCUT2D eigenvalue weighted by molar-refractivity contribution is 6.00. The predicted octanol–water partition coefficient (Wildman–Crippen LogP) is 3.46. The summed E-state index contributed by atoms with van der Waals surface area (Å²) in [6.45, 7) is 3.43. The van der Waals surface area contributed by atoms with Crippen molar-refractivity contribution in [1.82, 2.24) is 4.90 Å². The van der Waals surface area contributed by atoms with Gasteiger partial charge in [-0.1, -0.05) is 42.0 Å². The number of hydrogen-bond acceptors (Lipinski definition) is 2. The van der Waals surface area contributed by atoms with Crippen LogP contribution < -0.4 is 4.90 Å². The van der Waals surface area contributed by atoms with Crippen molar-refractivity contribution in [3.05, 3.63) is 65.0 Å². The maximum atomic E-state index is 14.4. The Bertz CT molecular complexity index is 878. The zero-order valence-corrected chi connectivity index (χ0v) is 15.5. The maximum absolute atomic E-state index is 14.4. The molecule has 1 saturated heterocycles. The van der Waals surface area contributed by atoms with Crippen molar-refractivity contribution in [2.45, 2.75) is 32.7 Å². The second-order valence-electron chi connectivity index (χ2n) is 7.50. The van der Waals surface area contributed by atoms with Gasteiger partial charge in [0.15, 0.2) is 0 Å². The zero-order chi connectivity index (χ0) is 19.0. The van der Waals surface area contributed by atoms with Crippen molar-refractivity contribution < 1.29 is 14.0 Å². The molecule has 1 fully saturated rings. The molecule has 140 valence electrons. The van der Waals surface area contributed by atoms with E-state index in [1.807, 2.05) is 37.3 Å². The minimum absolute atomic E-state index is 0.0142. The molecule has 2 heterocycles. The van der Waals surface area contributed by atoms with Crippen LogP contribution >= 0.6 is 0 Å². The number of amides is 2. The summed E-state index contributed by atoms with van der Waals surface area (Å²) in [7, 11) is 0. The Balaban J connectivity index is 1.50. The average molecular weight is 366 g/mol. The lowest BCUT2D eigenvalue weighted by molar-refractivity contribution is -0.128. The van der Waals surface area contributed by atoms with Crippen LogP contribution in [0.5, 0.6) is 0 Å². The molecule has 0 radical (unpaired) electrons. The van der Waals surface area contributed by atoms with Crippen LogP contribution in [0.25, 0.3) is 0 Å². The maximum Gasteiger partial charge on any atom is 0.232 e. The monoisotopic (exact) mass is 366 g/mol. The summed E-state index contributed by atoms with van der Waals surface area (Å²) >= 11 is 0. The Morgan fingerprint density at radius 3 is 2.74 bits per heavy atom. The number of halogens is 1. The standard InChI is InChI=1S/C22H23FN2O2/c1-15-7-9-16(10-8-15)13-24-14-18(12-20(24)26)22(27)25-11-3-5-17-4-2-6-19(23)21(17)25/h2,4,6-10,18H,3,5,11-14H2,1H3. The predicted molar refractivity (Wildman–Crippen MR) is 102 cm³/mol. The van der Waals surface area contributed by atoms with E-state index in [0.717, 1.165) is 24.0 Å². The first kappa shape index (κ1) is 17.7. The minimum Gasteiger partial charge on any atom is -0.338 e. The number of fused-ring (bicyclic) bond motifs is 1. The van der Waals surface area contributed by atoms with Gasteiger partial charge in [-0.25, -0.2) is 4.39 Å². The SMILES string of the molecule is Cc1ccc(CN2CC(C(=O)N3CCCc4cccc(F)c43)CC2=O)cc1. The molecule has 0 aromatic heterocycles. The summed E-state index contributed by atoms with van der Waals surface area (Å²) in [5, 5.41) is 0. The van der Waals surface area contributed by atoms with Crippen LogP contribution in [-0.4, -0.2) is 29.8 Å². The Morgan fingerprint density at radius 2 is 1.96 bits per heavy atom. The van der Waals surface area contributed by atoms with Crippen LogP contribution in [0.1, 0.15) is 29.5 Å². The van der Waals surface area contributed by atoms with E-state index in [4.69, 9.17) is 0 Å². The molecule has 2 aliphatic rings. The largest absolute Gasteiger partial charge is 0.338 e. The lowest BCUT2D eigenvalue weighted by atomic mass is 9.98. The average Bonchev–Trinajstić information content (AvgIpc) is 3.03. The second-order valence-corrected chi connectivity index (χ2v) is 7.50. The fourth-order valence-electron chi connectivity index (χ4n) is 4.05. The fourth-order valence-corrected chi connectivity index (χ4v) is 4.05. The quantitative estimate of drug-likeness (QED) is 0.835. The molecule has 2 aliphatic heterocycles. The summed E-state index contributed by atoms with van der Waals surface area (Å²) in [4.78, 5) is 28.8. The summed E-state index contributed by atoms with van der Waals surface area (Å²) in [5.74, 6) is -0.921. The molecule has 2 amide bonds. The van der Waals surface area contributed by atoms with Gasteiger partial charge in [0.1, 0.15) is 5.82 Å². The normalized spacial score (nSPS) is 19.3. The number of rotatable bonds is 3. The Morgan fingerprint density at radius 1 is 1.19 bits per heavy atom. The molecule has 4 rings (SSSR count). The van der Waals surface area contributed by atoms with Gasteiger partial charge < -0.3 is 9.80 Å². The van der Waals surface area contributed by atoms with E-state index in [0.29, 0.717) is 25.3 Å². The van der Waals surface area contributed by atoms with Crippen molar-refractivity contribution in [3.63, 3.8) is 0 Å². The molecule has 0 N–H and O–H groups in total. The van der Waals surface area contributed by atoms with E-state index in [1.54, 1.807) is 15.9 Å². The molecule has 0 aliphatic carbocycles. The molecule has 0 saturated carbocycles. The number of nitrogens with zero attached hydrogens (tertiary/aromatic N) is 2. The van der Waals surface area contributed by atoms with E-state index in [9.17, 15) is 14.0 Å². The Kier molecular flexibility index (Phi) is 4.68. The van der Waals surface area contributed by atoms with E-state index in [2.05, 4.69) is 0 Å². The molecule has 2 aromatic carbocycles. The molecular weight excluding hydrogens is 343 g/mol. The first-order chi connectivity index (χ1) is 13.0. The van der Waals surface area contributed by atoms with Crippen molar-refractivity contribution in [1.29, 1.82) is 0 Å². The van der Waals surface area contributed by atoms with E-state index < -0.39 is 5.92 Å². The van der Waals surface area contributed by atoms with Gasteiger partial charge in [0.05, 0.1) is 11.6 Å². The third-order valence-corrected chi connectivity index (χ3v) is 5.49. The van der Waals surface area contributed by atoms with Crippen molar-refractivity contribution in [2.75, 3.05) is 18.0 Å². The highest BCUT2D eigenvalue weighted by Gasteiger charge is 2.38. The third kappa shape index (κ3) is 3.46. The minimum atomic E-state index is -0.409. The number of carbonyl (C=O) groups is 2. The number of carbonyl (C=O) groups excluding carboxylic acids is 2. The van der Waals surface area contributed by atoms with Crippen LogP contribution in [0.3, 0.4) is 0 Å². The van der Waals surface area contributed by atoms with E-state index in [1.165, 1.54) is 11.6 Å². The van der Waals surface area contributed by atoms with Crippen LogP contribution in [0.2, 0.25) is 0 Å². The van der Waals surface area contributed by atoms with Gasteiger partial charge in [-0.15, -0.1) is 0 Å². The van der Waals surface area contributed by atoms with Crippen molar-refractivity contribution >= 4 is 17.5 Å². The van der Waals surface area contributed by atoms with Gasteiger partial charge in [-0.05, 0) is 37.0 Å². The number of aryl methyl sites for hydroxylation is 2. The Labute approximate surface area is 158 Å². The van der Waals surface area contributed by atoms with Gasteiger partial charge in [-0.2, -0.15) is 0 Å². The van der Waals surface area contributed by atoms with Crippen LogP contribution in [0.15, 0.2) is 42.5 Å². The zero-order valence-electron chi connectivity index (χ0n) is 15.5. The first-order valence-corrected chi connectivity index (χ1v) is 9.45. The highest BCUT2D eigenvalue weighted by Crippen LogP contribution is 2.33. The third-order valence-electron chi connectivity index (χ3n) is 5.49. The second kappa shape index (κ2) is 7.14. The highest BCUT2D eigenvalue weighted by atomic mass is 19.1. The molecule has 0 bridgehead atoms. The topological polar surface area (TPSA) is 40.6 Å². The number of likely N-dealkylation sites (tertiary alicyclic amines) is 1. The van der Waals surface area contributed by atoms with Gasteiger partial charge in [-0.3, -0.25) is 9.59 Å². The fraction of sp³-hybridized carbons (Fsp3) is 0.364. The molecule has 1 atom stereocenters. The van der Waals surface area contributed by atoms with Gasteiger partial charge >= 0.3 is 0 Å². The first-order valence-electron chi connectivity index (χ1n) is 9.45. The summed E-state index contributed by atoms with van der Waals surface area (Å²) in [6, 6.07) is 13.0. The van der Waals surface area contributed by atoms with Crippen LogP contribution in [0, 0.1) is 18.7 Å². The number of hydrogen-bond donors (Lipinski definition) is 0. The molecule has 27 heavy (non-hydrogen) atoms. The van der Waals surface area contributed by atoms with Crippen LogP contribution in [-0.2, 0) is 22.6 Å². The molecule has 2 aromatic rings. The van der Waals surface area contributed by atoms with Gasteiger partial charge in [0.2, 0.25) is 11.8 Å². The smallest absolute Gasteiger partial charge is 0.232 e. The summed E-state index contributed by atoms with van der Waals surface area (Å²) < 4.78 is 14.4. The van der Waals surface area contributed by atoms with Crippen molar-refractivity contribution in [2.24, 2.45) is 5.92 Å². The molecule has 5 heteroatoms. The van der Waals surface area contributed by atoms with Gasteiger partial charge in [0.25, 0.3) is 0 Å². The lowest BCUT2D eigenvalue weighted by Crippen LogP contribution is -2.41. The van der Waals surface area contributed by atoms with E-state index in [-0.39, 0.29) is 24.1 Å². The molecular formula is C22H23FN2O2. The number of anilines is 1. The molecule has 1 unspecified atom stereocenters. The molecule has 0 spiro atoms. The summed E-state index contributed by atoms with van der Waals surface area (Å²) in [5.41, 5.74) is 3.50.